The van der Waals surface area contributed by atoms with Crippen LogP contribution < -0.4 is 10.6 Å². The van der Waals surface area contributed by atoms with E-state index in [2.05, 4.69) is 26.6 Å². The summed E-state index contributed by atoms with van der Waals surface area (Å²) in [6.07, 6.45) is 2.29. The van der Waals surface area contributed by atoms with Crippen molar-refractivity contribution in [3.05, 3.63) is 27.7 Å². The van der Waals surface area contributed by atoms with Crippen LogP contribution in [-0.2, 0) is 4.79 Å². The molecule has 0 aliphatic rings. The molecule has 0 fully saturated rings. The summed E-state index contributed by atoms with van der Waals surface area (Å²) in [6, 6.07) is 2.27. The number of amides is 2. The van der Waals surface area contributed by atoms with Crippen LogP contribution in [0.4, 0.5) is 10.5 Å². The lowest BCUT2D eigenvalue weighted by molar-refractivity contribution is -0.139. The van der Waals surface area contributed by atoms with Crippen LogP contribution in [0.2, 0.25) is 0 Å². The first-order chi connectivity index (χ1) is 9.85. The topological polar surface area (TPSA) is 78.4 Å². The number of halogens is 1. The van der Waals surface area contributed by atoms with E-state index < -0.39 is 18.0 Å². The van der Waals surface area contributed by atoms with Gasteiger partial charge >= 0.3 is 12.0 Å². The highest BCUT2D eigenvalue weighted by Gasteiger charge is 2.19. The van der Waals surface area contributed by atoms with E-state index in [0.717, 1.165) is 15.6 Å². The van der Waals surface area contributed by atoms with Crippen LogP contribution in [0, 0.1) is 13.8 Å². The van der Waals surface area contributed by atoms with E-state index >= 15 is 0 Å². The summed E-state index contributed by atoms with van der Waals surface area (Å²) >= 11 is 5.00. The van der Waals surface area contributed by atoms with Crippen molar-refractivity contribution in [1.29, 1.82) is 0 Å². The molecular weight excluding hydrogens is 356 g/mol. The Bertz CT molecular complexity index is 514. The van der Waals surface area contributed by atoms with Crippen molar-refractivity contribution in [2.45, 2.75) is 26.3 Å². The van der Waals surface area contributed by atoms with Gasteiger partial charge in [0.2, 0.25) is 0 Å². The Labute approximate surface area is 137 Å². The molecule has 21 heavy (non-hydrogen) atoms. The first kappa shape index (κ1) is 17.8. The van der Waals surface area contributed by atoms with Crippen LogP contribution in [0.3, 0.4) is 0 Å². The zero-order valence-electron chi connectivity index (χ0n) is 12.2. The number of carbonyl (C=O) groups excluding carboxylic acids is 1. The van der Waals surface area contributed by atoms with Gasteiger partial charge in [0.05, 0.1) is 0 Å². The van der Waals surface area contributed by atoms with Gasteiger partial charge in [0.25, 0.3) is 0 Å². The lowest BCUT2D eigenvalue weighted by Crippen LogP contribution is -2.43. The second kappa shape index (κ2) is 8.29. The van der Waals surface area contributed by atoms with E-state index in [9.17, 15) is 9.59 Å². The molecule has 0 aromatic heterocycles. The highest BCUT2D eigenvalue weighted by molar-refractivity contribution is 9.10. The molecule has 1 aromatic carbocycles. The Morgan fingerprint density at radius 2 is 1.90 bits per heavy atom. The van der Waals surface area contributed by atoms with Gasteiger partial charge in [0.15, 0.2) is 0 Å². The molecule has 7 heteroatoms. The van der Waals surface area contributed by atoms with Crippen LogP contribution in [0.1, 0.15) is 17.5 Å². The molecule has 1 rings (SSSR count). The number of benzene rings is 1. The number of hydrogen-bond donors (Lipinski definition) is 3. The van der Waals surface area contributed by atoms with E-state index in [1.54, 1.807) is 11.8 Å². The number of carbonyl (C=O) groups is 2. The van der Waals surface area contributed by atoms with Gasteiger partial charge in [0.1, 0.15) is 6.04 Å². The average molecular weight is 375 g/mol. The third kappa shape index (κ3) is 5.59. The van der Waals surface area contributed by atoms with Crippen molar-refractivity contribution in [2.24, 2.45) is 0 Å². The largest absolute Gasteiger partial charge is 0.480 e. The van der Waals surface area contributed by atoms with Crippen LogP contribution in [-0.4, -0.2) is 35.2 Å². The zero-order chi connectivity index (χ0) is 16.0. The molecule has 116 valence electrons. The summed E-state index contributed by atoms with van der Waals surface area (Å²) in [5.41, 5.74) is 2.64. The molecule has 0 heterocycles. The number of aliphatic carboxylic acids is 1. The van der Waals surface area contributed by atoms with Crippen molar-refractivity contribution >= 4 is 45.4 Å². The number of carboxylic acid groups (broad SMARTS) is 1. The van der Waals surface area contributed by atoms with E-state index in [-0.39, 0.29) is 0 Å². The normalized spacial score (nSPS) is 11.8. The fourth-order valence-corrected chi connectivity index (χ4v) is 2.54. The lowest BCUT2D eigenvalue weighted by atomic mass is 10.1. The molecule has 0 radical (unpaired) electrons. The van der Waals surface area contributed by atoms with Gasteiger partial charge in [-0.05, 0) is 55.5 Å². The third-order valence-electron chi connectivity index (χ3n) is 2.91. The molecule has 0 bridgehead atoms. The van der Waals surface area contributed by atoms with E-state index in [1.165, 1.54) is 0 Å². The fraction of sp³-hybridized carbons (Fsp3) is 0.429. The standard InChI is InChI=1S/C14H19BrN2O3S/c1-8-6-10(7-9(2)12(8)15)16-14(20)17-11(13(18)19)4-5-21-3/h6-7,11H,4-5H2,1-3H3,(H,18,19)(H2,16,17,20)/t11-/m1/s1. The molecule has 0 spiro atoms. The molecule has 3 N–H and O–H groups in total. The van der Waals surface area contributed by atoms with Crippen LogP contribution in [0.15, 0.2) is 16.6 Å². The maximum Gasteiger partial charge on any atom is 0.326 e. The predicted molar refractivity (Wildman–Crippen MR) is 90.2 cm³/mol. The molecule has 0 aliphatic heterocycles. The summed E-state index contributed by atoms with van der Waals surface area (Å²) in [5, 5.41) is 14.2. The smallest absolute Gasteiger partial charge is 0.326 e. The summed E-state index contributed by atoms with van der Waals surface area (Å²) < 4.78 is 0.997. The van der Waals surface area contributed by atoms with Crippen molar-refractivity contribution in [3.63, 3.8) is 0 Å². The molecule has 0 aliphatic carbocycles. The number of carboxylic acids is 1. The van der Waals surface area contributed by atoms with Crippen molar-refractivity contribution in [3.8, 4) is 0 Å². The van der Waals surface area contributed by atoms with E-state index in [0.29, 0.717) is 17.9 Å². The monoisotopic (exact) mass is 374 g/mol. The van der Waals surface area contributed by atoms with Gasteiger partial charge in [-0.1, -0.05) is 15.9 Å². The second-order valence-electron chi connectivity index (χ2n) is 4.69. The third-order valence-corrected chi connectivity index (χ3v) is 4.80. The van der Waals surface area contributed by atoms with Crippen molar-refractivity contribution in [2.75, 3.05) is 17.3 Å². The zero-order valence-corrected chi connectivity index (χ0v) is 14.6. The number of anilines is 1. The Kier molecular flexibility index (Phi) is 7.04. The Morgan fingerprint density at radius 3 is 2.38 bits per heavy atom. The van der Waals surface area contributed by atoms with Crippen molar-refractivity contribution < 1.29 is 14.7 Å². The van der Waals surface area contributed by atoms with E-state index in [1.807, 2.05) is 32.2 Å². The Balaban J connectivity index is 2.70. The summed E-state index contributed by atoms with van der Waals surface area (Å²) in [7, 11) is 0. The maximum absolute atomic E-state index is 11.9. The quantitative estimate of drug-likeness (QED) is 0.712. The Morgan fingerprint density at radius 1 is 1.33 bits per heavy atom. The molecule has 1 aromatic rings. The van der Waals surface area contributed by atoms with Crippen molar-refractivity contribution in [1.82, 2.24) is 5.32 Å². The minimum Gasteiger partial charge on any atom is -0.480 e. The van der Waals surface area contributed by atoms with Gasteiger partial charge < -0.3 is 15.7 Å². The highest BCUT2D eigenvalue weighted by atomic mass is 79.9. The minimum atomic E-state index is -1.03. The van der Waals surface area contributed by atoms with Crippen LogP contribution >= 0.6 is 27.7 Å². The minimum absolute atomic E-state index is 0.391. The first-order valence-electron chi connectivity index (χ1n) is 6.41. The summed E-state index contributed by atoms with van der Waals surface area (Å²) in [5.74, 6) is -0.351. The summed E-state index contributed by atoms with van der Waals surface area (Å²) in [4.78, 5) is 23.0. The predicted octanol–water partition coefficient (Wildman–Crippen LogP) is 3.39. The first-order valence-corrected chi connectivity index (χ1v) is 8.59. The Hall–Kier alpha value is -1.21. The molecule has 1 atom stereocenters. The second-order valence-corrected chi connectivity index (χ2v) is 6.47. The van der Waals surface area contributed by atoms with Gasteiger partial charge in [0, 0.05) is 10.2 Å². The highest BCUT2D eigenvalue weighted by Crippen LogP contribution is 2.24. The lowest BCUT2D eigenvalue weighted by Gasteiger charge is -2.15. The van der Waals surface area contributed by atoms with Gasteiger partial charge in [-0.3, -0.25) is 0 Å². The SMILES string of the molecule is CSCC[C@@H](NC(=O)Nc1cc(C)c(Br)c(C)c1)C(=O)O. The maximum atomic E-state index is 11.9. The van der Waals surface area contributed by atoms with Crippen LogP contribution in [0.5, 0.6) is 0 Å². The molecular formula is C14H19BrN2O3S. The molecule has 5 nitrogen and oxygen atoms in total. The number of hydrogen-bond acceptors (Lipinski definition) is 3. The molecule has 0 saturated heterocycles. The number of aryl methyl sites for hydroxylation is 2. The van der Waals surface area contributed by atoms with E-state index in [4.69, 9.17) is 5.11 Å². The average Bonchev–Trinajstić information content (AvgIpc) is 2.40. The van der Waals surface area contributed by atoms with Gasteiger partial charge in [-0.2, -0.15) is 11.8 Å². The molecule has 0 saturated carbocycles. The summed E-state index contributed by atoms with van der Waals surface area (Å²) in [6.45, 7) is 3.86. The number of thioether (sulfide) groups is 1. The molecule has 2 amide bonds. The fourth-order valence-electron chi connectivity index (χ4n) is 1.84. The molecule has 0 unspecified atom stereocenters. The van der Waals surface area contributed by atoms with Crippen LogP contribution in [0.25, 0.3) is 0 Å². The number of rotatable bonds is 6. The van der Waals surface area contributed by atoms with Gasteiger partial charge in [-0.25, -0.2) is 9.59 Å². The number of urea groups is 1. The van der Waals surface area contributed by atoms with Gasteiger partial charge in [-0.15, -0.1) is 0 Å². The number of nitrogens with one attached hydrogen (secondary N) is 2.